The van der Waals surface area contributed by atoms with Crippen molar-refractivity contribution in [1.82, 2.24) is 3.97 Å². The predicted octanol–water partition coefficient (Wildman–Crippen LogP) is 0.391. The normalized spacial score (nSPS) is 11.8. The molecule has 84 valence electrons. The molecule has 0 saturated carbocycles. The van der Waals surface area contributed by atoms with Gasteiger partial charge >= 0.3 is 16.2 Å². The third-order valence-corrected chi connectivity index (χ3v) is 3.03. The number of hydrogen-bond donors (Lipinski definition) is 2. The Morgan fingerprint density at radius 2 is 1.94 bits per heavy atom. The van der Waals surface area contributed by atoms with E-state index in [1.54, 1.807) is 12.1 Å². The molecule has 0 aliphatic heterocycles. The molecule has 0 saturated heterocycles. The van der Waals surface area contributed by atoms with Gasteiger partial charge < -0.3 is 5.11 Å². The zero-order valence-electron chi connectivity index (χ0n) is 7.99. The molecule has 7 heteroatoms. The van der Waals surface area contributed by atoms with Crippen molar-refractivity contribution < 1.29 is 18.3 Å². The van der Waals surface area contributed by atoms with Gasteiger partial charge in [0.1, 0.15) is 0 Å². The molecule has 2 rings (SSSR count). The molecule has 0 fully saturated rings. The van der Waals surface area contributed by atoms with Crippen LogP contribution in [0.15, 0.2) is 30.5 Å². The molecule has 0 atom stereocenters. The van der Waals surface area contributed by atoms with Crippen LogP contribution in [0, 0.1) is 0 Å². The van der Waals surface area contributed by atoms with Crippen molar-refractivity contribution >= 4 is 27.1 Å². The molecule has 1 heterocycles. The first-order chi connectivity index (χ1) is 7.41. The molecule has 3 N–H and O–H groups in total. The average molecular weight is 240 g/mol. The Morgan fingerprint density at radius 3 is 2.50 bits per heavy atom. The minimum absolute atomic E-state index is 0.0929. The van der Waals surface area contributed by atoms with Crippen molar-refractivity contribution in [2.24, 2.45) is 5.14 Å². The van der Waals surface area contributed by atoms with Crippen LogP contribution in [0.4, 0.5) is 0 Å². The van der Waals surface area contributed by atoms with Gasteiger partial charge in [0.25, 0.3) is 0 Å². The number of benzene rings is 1. The second-order valence-electron chi connectivity index (χ2n) is 3.21. The maximum atomic E-state index is 11.2. The lowest BCUT2D eigenvalue weighted by Crippen LogP contribution is -2.20. The highest BCUT2D eigenvalue weighted by molar-refractivity contribution is 7.87. The minimum atomic E-state index is -3.99. The lowest BCUT2D eigenvalue weighted by molar-refractivity contribution is 0.0699. The fraction of sp³-hybridized carbons (Fsp3) is 0. The van der Waals surface area contributed by atoms with Crippen molar-refractivity contribution in [2.45, 2.75) is 0 Å². The second-order valence-corrected chi connectivity index (χ2v) is 4.63. The van der Waals surface area contributed by atoms with Crippen LogP contribution in [0.25, 0.3) is 10.9 Å². The SMILES string of the molecule is NS(=O)(=O)n1cc(C(=O)O)c2ccccc21. The number of fused-ring (bicyclic) bond motifs is 1. The lowest BCUT2D eigenvalue weighted by Gasteiger charge is -1.99. The van der Waals surface area contributed by atoms with E-state index in [0.717, 1.165) is 10.2 Å². The Labute approximate surface area is 91.1 Å². The molecule has 6 nitrogen and oxygen atoms in total. The molecule has 0 bridgehead atoms. The number of carboxylic acids is 1. The Hall–Kier alpha value is -1.86. The van der Waals surface area contributed by atoms with Gasteiger partial charge in [-0.25, -0.2) is 13.9 Å². The molecular formula is C9H8N2O4S. The highest BCUT2D eigenvalue weighted by Gasteiger charge is 2.18. The van der Waals surface area contributed by atoms with E-state index >= 15 is 0 Å². The van der Waals surface area contributed by atoms with Gasteiger partial charge in [0.15, 0.2) is 0 Å². The smallest absolute Gasteiger partial charge is 0.337 e. The van der Waals surface area contributed by atoms with Gasteiger partial charge in [-0.15, -0.1) is 0 Å². The van der Waals surface area contributed by atoms with Gasteiger partial charge in [0, 0.05) is 11.6 Å². The maximum Gasteiger partial charge on any atom is 0.337 e. The maximum absolute atomic E-state index is 11.2. The van der Waals surface area contributed by atoms with Crippen molar-refractivity contribution in [2.75, 3.05) is 0 Å². The Bertz CT molecular complexity index is 672. The molecule has 0 aliphatic rings. The van der Waals surface area contributed by atoms with E-state index in [9.17, 15) is 13.2 Å². The Morgan fingerprint density at radius 1 is 1.31 bits per heavy atom. The van der Waals surface area contributed by atoms with E-state index in [1.807, 2.05) is 0 Å². The first-order valence-corrected chi connectivity index (χ1v) is 5.78. The summed E-state index contributed by atoms with van der Waals surface area (Å²) in [6.07, 6.45) is 1.00. The highest BCUT2D eigenvalue weighted by atomic mass is 32.2. The molecule has 1 aromatic carbocycles. The quantitative estimate of drug-likeness (QED) is 0.792. The lowest BCUT2D eigenvalue weighted by atomic mass is 10.2. The topological polar surface area (TPSA) is 102 Å². The van der Waals surface area contributed by atoms with Crippen LogP contribution in [0.2, 0.25) is 0 Å². The van der Waals surface area contributed by atoms with Gasteiger partial charge in [0.2, 0.25) is 0 Å². The molecule has 2 aromatic rings. The molecule has 1 aromatic heterocycles. The fourth-order valence-corrected chi connectivity index (χ4v) is 2.22. The second kappa shape index (κ2) is 3.32. The van der Waals surface area contributed by atoms with Crippen molar-refractivity contribution in [3.8, 4) is 0 Å². The summed E-state index contributed by atoms with van der Waals surface area (Å²) in [6.45, 7) is 0. The summed E-state index contributed by atoms with van der Waals surface area (Å²) in [7, 11) is -3.99. The van der Waals surface area contributed by atoms with Crippen molar-refractivity contribution in [3.05, 3.63) is 36.0 Å². The van der Waals surface area contributed by atoms with Gasteiger partial charge in [-0.2, -0.15) is 8.42 Å². The summed E-state index contributed by atoms with van der Waals surface area (Å²) in [5.41, 5.74) is 0.159. The van der Waals surface area contributed by atoms with Crippen LogP contribution < -0.4 is 5.14 Å². The third kappa shape index (κ3) is 1.55. The Balaban J connectivity index is 2.93. The van der Waals surface area contributed by atoms with Gasteiger partial charge in [0.05, 0.1) is 11.1 Å². The van der Waals surface area contributed by atoms with Gasteiger partial charge in [-0.3, -0.25) is 0 Å². The number of rotatable bonds is 2. The summed E-state index contributed by atoms with van der Waals surface area (Å²) < 4.78 is 23.2. The van der Waals surface area contributed by atoms with Crippen LogP contribution in [0.1, 0.15) is 10.4 Å². The van der Waals surface area contributed by atoms with Crippen LogP contribution in [0.5, 0.6) is 0 Å². The largest absolute Gasteiger partial charge is 0.478 e. The number of nitrogens with zero attached hydrogens (tertiary/aromatic N) is 1. The van der Waals surface area contributed by atoms with E-state index in [1.165, 1.54) is 12.1 Å². The number of hydrogen-bond acceptors (Lipinski definition) is 3. The average Bonchev–Trinajstić information content (AvgIpc) is 2.56. The number of nitrogens with two attached hydrogens (primary N) is 1. The standard InChI is InChI=1S/C9H8N2O4S/c10-16(14,15)11-5-7(9(12)13)6-3-1-2-4-8(6)11/h1-5H,(H,12,13)(H2,10,14,15). The molecule has 0 spiro atoms. The van der Waals surface area contributed by atoms with E-state index in [2.05, 4.69) is 0 Å². The van der Waals surface area contributed by atoms with E-state index in [0.29, 0.717) is 5.39 Å². The monoisotopic (exact) mass is 240 g/mol. The van der Waals surface area contributed by atoms with Crippen molar-refractivity contribution in [3.63, 3.8) is 0 Å². The van der Waals surface area contributed by atoms with Gasteiger partial charge in [-0.05, 0) is 6.07 Å². The molecule has 16 heavy (non-hydrogen) atoms. The summed E-state index contributed by atoms with van der Waals surface area (Å²) in [5, 5.41) is 14.2. The number of aromatic nitrogens is 1. The summed E-state index contributed by atoms with van der Waals surface area (Å²) in [6, 6.07) is 6.25. The molecule has 0 radical (unpaired) electrons. The first kappa shape index (κ1) is 10.7. The predicted molar refractivity (Wildman–Crippen MR) is 57.4 cm³/mol. The summed E-state index contributed by atoms with van der Waals surface area (Å²) >= 11 is 0. The Kier molecular flexibility index (Phi) is 2.21. The molecule has 0 aliphatic carbocycles. The fourth-order valence-electron chi connectivity index (χ4n) is 1.53. The number of aromatic carboxylic acids is 1. The number of carbonyl (C=O) groups is 1. The van der Waals surface area contributed by atoms with Gasteiger partial charge in [-0.1, -0.05) is 18.2 Å². The number of carboxylic acid groups (broad SMARTS) is 1. The van der Waals surface area contributed by atoms with Crippen LogP contribution in [-0.2, 0) is 10.2 Å². The van der Waals surface area contributed by atoms with Crippen LogP contribution in [0.3, 0.4) is 0 Å². The number of para-hydroxylation sites is 1. The van der Waals surface area contributed by atoms with Crippen molar-refractivity contribution in [1.29, 1.82) is 0 Å². The third-order valence-electron chi connectivity index (χ3n) is 2.18. The highest BCUT2D eigenvalue weighted by Crippen LogP contribution is 2.21. The van der Waals surface area contributed by atoms with Crippen LogP contribution >= 0.6 is 0 Å². The molecular weight excluding hydrogens is 232 g/mol. The van der Waals surface area contributed by atoms with E-state index in [-0.39, 0.29) is 11.1 Å². The van der Waals surface area contributed by atoms with E-state index < -0.39 is 16.2 Å². The zero-order valence-corrected chi connectivity index (χ0v) is 8.81. The molecule has 0 amide bonds. The molecule has 0 unspecified atom stereocenters. The first-order valence-electron chi connectivity index (χ1n) is 4.28. The van der Waals surface area contributed by atoms with Crippen LogP contribution in [-0.4, -0.2) is 23.5 Å². The van der Waals surface area contributed by atoms with E-state index in [4.69, 9.17) is 10.2 Å². The summed E-state index contributed by atoms with van der Waals surface area (Å²) in [4.78, 5) is 10.9. The minimum Gasteiger partial charge on any atom is -0.478 e. The summed E-state index contributed by atoms with van der Waals surface area (Å²) in [5.74, 6) is -1.20. The zero-order chi connectivity index (χ0) is 11.9.